The van der Waals surface area contributed by atoms with Crippen LogP contribution in [0.15, 0.2) is 30.5 Å². The van der Waals surface area contributed by atoms with Gasteiger partial charge in [0.2, 0.25) is 0 Å². The van der Waals surface area contributed by atoms with Crippen molar-refractivity contribution in [3.63, 3.8) is 0 Å². The lowest BCUT2D eigenvalue weighted by Crippen LogP contribution is -2.39. The van der Waals surface area contributed by atoms with Crippen molar-refractivity contribution in [1.29, 1.82) is 0 Å². The molecule has 2 aromatic rings. The van der Waals surface area contributed by atoms with Gasteiger partial charge in [-0.25, -0.2) is 0 Å². The highest BCUT2D eigenvalue weighted by atomic mass is 15.1. The highest BCUT2D eigenvalue weighted by Crippen LogP contribution is 2.30. The van der Waals surface area contributed by atoms with Crippen LogP contribution < -0.4 is 5.73 Å². The van der Waals surface area contributed by atoms with Crippen molar-refractivity contribution in [1.82, 2.24) is 9.88 Å². The molecule has 1 aliphatic rings. The van der Waals surface area contributed by atoms with Crippen LogP contribution in [0.5, 0.6) is 0 Å². The predicted octanol–water partition coefficient (Wildman–Crippen LogP) is 3.44. The van der Waals surface area contributed by atoms with Gasteiger partial charge < -0.3 is 5.73 Å². The quantitative estimate of drug-likeness (QED) is 0.849. The van der Waals surface area contributed by atoms with E-state index in [-0.39, 0.29) is 0 Å². The minimum Gasteiger partial charge on any atom is -0.398 e. The normalized spacial score (nSPS) is 19.3. The second-order valence-electron chi connectivity index (χ2n) is 6.69. The van der Waals surface area contributed by atoms with Crippen LogP contribution in [-0.4, -0.2) is 23.0 Å². The third kappa shape index (κ3) is 2.63. The van der Waals surface area contributed by atoms with E-state index >= 15 is 0 Å². The van der Waals surface area contributed by atoms with Crippen LogP contribution in [0.1, 0.15) is 32.3 Å². The Morgan fingerprint density at radius 2 is 2.15 bits per heavy atom. The molecule has 20 heavy (non-hydrogen) atoms. The molecule has 106 valence electrons. The van der Waals surface area contributed by atoms with E-state index in [2.05, 4.69) is 35.9 Å². The number of hydrogen-bond donors (Lipinski definition) is 1. The molecule has 0 aliphatic carbocycles. The average molecular weight is 269 g/mol. The van der Waals surface area contributed by atoms with E-state index in [1.54, 1.807) is 0 Å². The van der Waals surface area contributed by atoms with Crippen LogP contribution in [0.2, 0.25) is 0 Å². The lowest BCUT2D eigenvalue weighted by molar-refractivity contribution is 0.112. The number of fused-ring (bicyclic) bond motifs is 1. The molecule has 2 heterocycles. The fraction of sp³-hybridized carbons (Fsp3) is 0.471. The maximum atomic E-state index is 6.05. The number of hydrogen-bond acceptors (Lipinski definition) is 3. The molecule has 3 rings (SSSR count). The molecule has 0 amide bonds. The number of nitrogen functional groups attached to an aromatic ring is 1. The van der Waals surface area contributed by atoms with Crippen LogP contribution in [0.3, 0.4) is 0 Å². The Kier molecular flexibility index (Phi) is 3.38. The summed E-state index contributed by atoms with van der Waals surface area (Å²) in [6, 6.07) is 8.15. The molecule has 1 fully saturated rings. The first-order chi connectivity index (χ1) is 9.55. The van der Waals surface area contributed by atoms with Gasteiger partial charge in [-0.2, -0.15) is 0 Å². The van der Waals surface area contributed by atoms with Gasteiger partial charge in [-0.15, -0.1) is 0 Å². The number of nitrogens with two attached hydrogens (primary N) is 1. The van der Waals surface area contributed by atoms with E-state index in [4.69, 9.17) is 5.73 Å². The molecule has 0 saturated carbocycles. The number of aromatic nitrogens is 1. The van der Waals surface area contributed by atoms with Gasteiger partial charge in [-0.05, 0) is 48.6 Å². The summed E-state index contributed by atoms with van der Waals surface area (Å²) in [7, 11) is 0. The molecule has 1 saturated heterocycles. The first-order valence-electron chi connectivity index (χ1n) is 7.40. The zero-order valence-electron chi connectivity index (χ0n) is 12.4. The van der Waals surface area contributed by atoms with E-state index in [0.717, 1.165) is 29.7 Å². The first-order valence-corrected chi connectivity index (χ1v) is 7.40. The van der Waals surface area contributed by atoms with Crippen LogP contribution in [0.4, 0.5) is 5.69 Å². The summed E-state index contributed by atoms with van der Waals surface area (Å²) in [5, 5.41) is 1.07. The zero-order valence-corrected chi connectivity index (χ0v) is 12.4. The fourth-order valence-electron chi connectivity index (χ4n) is 3.30. The number of likely N-dealkylation sites (tertiary alicyclic amines) is 1. The Morgan fingerprint density at radius 1 is 1.30 bits per heavy atom. The molecular formula is C17H23N3. The highest BCUT2D eigenvalue weighted by Gasteiger charge is 2.26. The monoisotopic (exact) mass is 269 g/mol. The van der Waals surface area contributed by atoms with Gasteiger partial charge in [-0.1, -0.05) is 19.9 Å². The zero-order chi connectivity index (χ0) is 14.2. The molecule has 1 aromatic carbocycles. The summed E-state index contributed by atoms with van der Waals surface area (Å²) in [5.74, 6) is 0. The summed E-state index contributed by atoms with van der Waals surface area (Å²) < 4.78 is 0. The topological polar surface area (TPSA) is 42.1 Å². The summed E-state index contributed by atoms with van der Waals surface area (Å²) in [6.45, 7) is 8.03. The molecule has 2 N–H and O–H groups in total. The standard InChI is InChI=1S/C17H23N3/c1-17(2)8-4-10-20(12-17)11-13-6-7-15(18)14-5-3-9-19-16(13)14/h3,5-7,9H,4,8,10-12,18H2,1-2H3. The van der Waals surface area contributed by atoms with Crippen molar-refractivity contribution < 1.29 is 0 Å². The lowest BCUT2D eigenvalue weighted by atomic mass is 9.84. The van der Waals surface area contributed by atoms with Crippen molar-refractivity contribution in [2.24, 2.45) is 5.41 Å². The lowest BCUT2D eigenvalue weighted by Gasteiger charge is -2.38. The molecular weight excluding hydrogens is 246 g/mol. The number of piperidine rings is 1. The minimum absolute atomic E-state index is 0.426. The van der Waals surface area contributed by atoms with Crippen LogP contribution >= 0.6 is 0 Å². The highest BCUT2D eigenvalue weighted by molar-refractivity contribution is 5.92. The van der Waals surface area contributed by atoms with Crippen molar-refractivity contribution in [3.05, 3.63) is 36.0 Å². The molecule has 0 spiro atoms. The Bertz CT molecular complexity index is 619. The Labute approximate surface area is 120 Å². The molecule has 1 aromatic heterocycles. The molecule has 0 unspecified atom stereocenters. The van der Waals surface area contributed by atoms with Crippen LogP contribution in [0.25, 0.3) is 10.9 Å². The number of rotatable bonds is 2. The summed E-state index contributed by atoms with van der Waals surface area (Å²) in [5.41, 5.74) is 9.63. The Hall–Kier alpha value is -1.61. The fourth-order valence-corrected chi connectivity index (χ4v) is 3.30. The average Bonchev–Trinajstić information content (AvgIpc) is 2.41. The van der Waals surface area contributed by atoms with Gasteiger partial charge in [0.15, 0.2) is 0 Å². The van der Waals surface area contributed by atoms with E-state index in [0.29, 0.717) is 5.41 Å². The number of anilines is 1. The van der Waals surface area contributed by atoms with Gasteiger partial charge in [0.1, 0.15) is 0 Å². The maximum Gasteiger partial charge on any atom is 0.0767 e. The summed E-state index contributed by atoms with van der Waals surface area (Å²) >= 11 is 0. The van der Waals surface area contributed by atoms with E-state index < -0.39 is 0 Å². The van der Waals surface area contributed by atoms with Crippen LogP contribution in [0, 0.1) is 5.41 Å². The molecule has 0 bridgehead atoms. The summed E-state index contributed by atoms with van der Waals surface area (Å²) in [4.78, 5) is 7.08. The van der Waals surface area contributed by atoms with Crippen molar-refractivity contribution in [3.8, 4) is 0 Å². The minimum atomic E-state index is 0.426. The second-order valence-corrected chi connectivity index (χ2v) is 6.69. The molecule has 0 atom stereocenters. The third-order valence-electron chi connectivity index (χ3n) is 4.26. The number of nitrogens with zero attached hydrogens (tertiary/aromatic N) is 2. The maximum absolute atomic E-state index is 6.05. The Balaban J connectivity index is 1.90. The van der Waals surface area contributed by atoms with Crippen molar-refractivity contribution in [2.75, 3.05) is 18.8 Å². The van der Waals surface area contributed by atoms with E-state index in [9.17, 15) is 0 Å². The first kappa shape index (κ1) is 13.4. The predicted molar refractivity (Wildman–Crippen MR) is 84.4 cm³/mol. The van der Waals surface area contributed by atoms with Gasteiger partial charge in [0, 0.05) is 30.4 Å². The summed E-state index contributed by atoms with van der Waals surface area (Å²) in [6.07, 6.45) is 4.46. The van der Waals surface area contributed by atoms with E-state index in [1.807, 2.05) is 18.3 Å². The Morgan fingerprint density at radius 3 is 2.95 bits per heavy atom. The van der Waals surface area contributed by atoms with Gasteiger partial charge in [0.25, 0.3) is 0 Å². The number of benzene rings is 1. The number of pyridine rings is 1. The van der Waals surface area contributed by atoms with Crippen molar-refractivity contribution in [2.45, 2.75) is 33.2 Å². The largest absolute Gasteiger partial charge is 0.398 e. The van der Waals surface area contributed by atoms with Gasteiger partial charge in [0.05, 0.1) is 5.52 Å². The molecule has 3 heteroatoms. The van der Waals surface area contributed by atoms with Crippen LogP contribution in [-0.2, 0) is 6.54 Å². The SMILES string of the molecule is CC1(C)CCCN(Cc2ccc(N)c3cccnc23)C1. The molecule has 3 nitrogen and oxygen atoms in total. The molecule has 0 radical (unpaired) electrons. The third-order valence-corrected chi connectivity index (χ3v) is 4.26. The second kappa shape index (κ2) is 5.06. The van der Waals surface area contributed by atoms with Gasteiger partial charge in [-0.3, -0.25) is 9.88 Å². The van der Waals surface area contributed by atoms with E-state index in [1.165, 1.54) is 24.9 Å². The van der Waals surface area contributed by atoms with Crippen molar-refractivity contribution >= 4 is 16.6 Å². The van der Waals surface area contributed by atoms with Gasteiger partial charge >= 0.3 is 0 Å². The smallest absolute Gasteiger partial charge is 0.0767 e. The molecule has 1 aliphatic heterocycles.